The first-order chi connectivity index (χ1) is 14.7. The molecule has 4 rings (SSSR count). The summed E-state index contributed by atoms with van der Waals surface area (Å²) in [4.78, 5) is 27.5. The van der Waals surface area contributed by atoms with Crippen LogP contribution in [0.1, 0.15) is 48.9 Å². The lowest BCUT2D eigenvalue weighted by Crippen LogP contribution is -2.25. The summed E-state index contributed by atoms with van der Waals surface area (Å²) >= 11 is 0. The van der Waals surface area contributed by atoms with E-state index in [0.717, 1.165) is 24.5 Å². The number of amides is 1. The zero-order valence-electron chi connectivity index (χ0n) is 17.2. The number of carbonyl (C=O) groups is 2. The van der Waals surface area contributed by atoms with Crippen LogP contribution in [-0.2, 0) is 4.79 Å². The average molecular weight is 408 g/mol. The van der Waals surface area contributed by atoms with E-state index in [2.05, 4.69) is 16.3 Å². The van der Waals surface area contributed by atoms with Crippen molar-refractivity contribution in [3.8, 4) is 11.5 Å². The van der Waals surface area contributed by atoms with Crippen LogP contribution in [0.3, 0.4) is 0 Å². The molecule has 0 bridgehead atoms. The fraction of sp³-hybridized carbons (Fsp3) is 0.417. The topological polar surface area (TPSA) is 67.9 Å². The highest BCUT2D eigenvalue weighted by Gasteiger charge is 2.17. The summed E-state index contributed by atoms with van der Waals surface area (Å²) in [5, 5.41) is 3.01. The highest BCUT2D eigenvalue weighted by Crippen LogP contribution is 2.31. The first-order valence-electron chi connectivity index (χ1n) is 10.8. The Morgan fingerprint density at radius 2 is 1.60 bits per heavy atom. The monoisotopic (exact) mass is 408 g/mol. The van der Waals surface area contributed by atoms with Crippen LogP contribution in [-0.4, -0.2) is 38.0 Å². The number of benzene rings is 2. The van der Waals surface area contributed by atoms with Gasteiger partial charge in [-0.2, -0.15) is 0 Å². The summed E-state index contributed by atoms with van der Waals surface area (Å²) in [5.74, 6) is 1.01. The van der Waals surface area contributed by atoms with Gasteiger partial charge < -0.3 is 19.7 Å². The minimum Gasteiger partial charge on any atom is -0.486 e. The number of fused-ring (bicyclic) bond motifs is 1. The Balaban J connectivity index is 1.35. The predicted octanol–water partition coefficient (Wildman–Crippen LogP) is 4.44. The number of hydrogen-bond donors (Lipinski definition) is 1. The quantitative estimate of drug-likeness (QED) is 0.716. The van der Waals surface area contributed by atoms with Gasteiger partial charge in [-0.05, 0) is 43.2 Å². The maximum Gasteiger partial charge on any atom is 0.224 e. The van der Waals surface area contributed by atoms with Crippen LogP contribution in [0.15, 0.2) is 42.5 Å². The van der Waals surface area contributed by atoms with Crippen LogP contribution in [0.4, 0.5) is 11.4 Å². The number of hydrogen-bond acceptors (Lipinski definition) is 5. The summed E-state index contributed by atoms with van der Waals surface area (Å²) in [6, 6.07) is 13.1. The van der Waals surface area contributed by atoms with Gasteiger partial charge in [-0.25, -0.2) is 0 Å². The van der Waals surface area contributed by atoms with Gasteiger partial charge in [0, 0.05) is 31.5 Å². The Bertz CT molecular complexity index is 904. The van der Waals surface area contributed by atoms with Gasteiger partial charge in [-0.15, -0.1) is 0 Å². The van der Waals surface area contributed by atoms with Crippen molar-refractivity contribution in [2.75, 3.05) is 36.5 Å². The fourth-order valence-corrected chi connectivity index (χ4v) is 3.97. The van der Waals surface area contributed by atoms with Gasteiger partial charge >= 0.3 is 0 Å². The van der Waals surface area contributed by atoms with Gasteiger partial charge in [0.25, 0.3) is 0 Å². The first kappa shape index (κ1) is 20.3. The number of nitrogens with one attached hydrogen (secondary N) is 1. The van der Waals surface area contributed by atoms with Gasteiger partial charge in [-0.1, -0.05) is 25.0 Å². The summed E-state index contributed by atoms with van der Waals surface area (Å²) in [7, 11) is 0. The molecule has 0 saturated carbocycles. The second-order valence-electron chi connectivity index (χ2n) is 7.75. The van der Waals surface area contributed by atoms with Crippen LogP contribution >= 0.6 is 0 Å². The molecule has 1 saturated heterocycles. The zero-order valence-corrected chi connectivity index (χ0v) is 17.2. The van der Waals surface area contributed by atoms with Crippen molar-refractivity contribution in [1.82, 2.24) is 0 Å². The van der Waals surface area contributed by atoms with Gasteiger partial charge in [0.15, 0.2) is 17.3 Å². The molecule has 0 spiro atoms. The second kappa shape index (κ2) is 9.65. The van der Waals surface area contributed by atoms with E-state index in [9.17, 15) is 9.59 Å². The number of Topliss-reactive ketones (excluding diaryl/α,β-unsaturated/α-hetero) is 1. The largest absolute Gasteiger partial charge is 0.486 e. The molecule has 2 aromatic carbocycles. The van der Waals surface area contributed by atoms with Gasteiger partial charge in [0.1, 0.15) is 13.2 Å². The van der Waals surface area contributed by atoms with Gasteiger partial charge in [0.05, 0.1) is 11.4 Å². The molecule has 0 aliphatic carbocycles. The smallest absolute Gasteiger partial charge is 0.224 e. The Labute approximate surface area is 177 Å². The first-order valence-corrected chi connectivity index (χ1v) is 10.8. The van der Waals surface area contributed by atoms with E-state index >= 15 is 0 Å². The molecular weight excluding hydrogens is 380 g/mol. The maximum atomic E-state index is 12.6. The van der Waals surface area contributed by atoms with Crippen molar-refractivity contribution in [2.45, 2.75) is 38.5 Å². The molecule has 158 valence electrons. The number of para-hydroxylation sites is 2. The molecule has 1 N–H and O–H groups in total. The molecule has 0 unspecified atom stereocenters. The number of carbonyl (C=O) groups excluding carboxylic acids is 2. The van der Waals surface area contributed by atoms with E-state index in [1.54, 1.807) is 18.2 Å². The van der Waals surface area contributed by atoms with Crippen molar-refractivity contribution in [1.29, 1.82) is 0 Å². The lowest BCUT2D eigenvalue weighted by atomic mass is 10.1. The highest BCUT2D eigenvalue weighted by molar-refractivity contribution is 6.01. The lowest BCUT2D eigenvalue weighted by molar-refractivity contribution is -0.116. The number of anilines is 2. The summed E-state index contributed by atoms with van der Waals surface area (Å²) < 4.78 is 11.0. The van der Waals surface area contributed by atoms with E-state index in [0.29, 0.717) is 30.3 Å². The minimum absolute atomic E-state index is 0.0806. The molecule has 2 heterocycles. The molecule has 2 aliphatic rings. The number of nitrogens with zero attached hydrogens (tertiary/aromatic N) is 1. The van der Waals surface area contributed by atoms with Crippen LogP contribution in [0.2, 0.25) is 0 Å². The average Bonchev–Trinajstić information content (AvgIpc) is 3.07. The molecule has 0 radical (unpaired) electrons. The van der Waals surface area contributed by atoms with Crippen molar-refractivity contribution in [3.63, 3.8) is 0 Å². The standard InChI is InChI=1S/C24H28N2O4/c27-21(18-9-11-22-23(17-18)30-16-15-29-22)10-12-24(28)25-19-7-3-4-8-20(19)26-13-5-1-2-6-14-26/h3-4,7-9,11,17H,1-2,5-6,10,12-16H2,(H,25,28). The minimum atomic E-state index is -0.150. The summed E-state index contributed by atoms with van der Waals surface area (Å²) in [5.41, 5.74) is 2.42. The highest BCUT2D eigenvalue weighted by atomic mass is 16.6. The van der Waals surface area contributed by atoms with Crippen molar-refractivity contribution in [2.24, 2.45) is 0 Å². The number of rotatable bonds is 6. The molecule has 1 amide bonds. The number of ketones is 1. The molecule has 2 aliphatic heterocycles. The van der Waals surface area contributed by atoms with Crippen LogP contribution in [0.25, 0.3) is 0 Å². The molecule has 1 fully saturated rings. The third-order valence-electron chi connectivity index (χ3n) is 5.57. The third-order valence-corrected chi connectivity index (χ3v) is 5.57. The molecule has 30 heavy (non-hydrogen) atoms. The van der Waals surface area contributed by atoms with E-state index < -0.39 is 0 Å². The van der Waals surface area contributed by atoms with Gasteiger partial charge in [-0.3, -0.25) is 9.59 Å². The third kappa shape index (κ3) is 4.93. The SMILES string of the molecule is O=C(CCC(=O)c1ccc2c(c1)OCCO2)Nc1ccccc1N1CCCCCC1. The van der Waals surface area contributed by atoms with Crippen molar-refractivity contribution < 1.29 is 19.1 Å². The molecule has 0 aromatic heterocycles. The van der Waals surface area contributed by atoms with E-state index in [1.165, 1.54) is 25.7 Å². The Hall–Kier alpha value is -3.02. The Morgan fingerprint density at radius 3 is 2.40 bits per heavy atom. The van der Waals surface area contributed by atoms with Crippen LogP contribution < -0.4 is 19.7 Å². The molecule has 6 heteroatoms. The molecule has 2 aromatic rings. The second-order valence-corrected chi connectivity index (χ2v) is 7.75. The fourth-order valence-electron chi connectivity index (χ4n) is 3.97. The predicted molar refractivity (Wildman–Crippen MR) is 117 cm³/mol. The van der Waals surface area contributed by atoms with E-state index in [-0.39, 0.29) is 24.5 Å². The van der Waals surface area contributed by atoms with Crippen LogP contribution in [0.5, 0.6) is 11.5 Å². The number of ether oxygens (including phenoxy) is 2. The molecular formula is C24H28N2O4. The van der Waals surface area contributed by atoms with Gasteiger partial charge in [0.2, 0.25) is 5.91 Å². The summed E-state index contributed by atoms with van der Waals surface area (Å²) in [6.45, 7) is 3.01. The summed E-state index contributed by atoms with van der Waals surface area (Å²) in [6.07, 6.45) is 5.15. The molecule has 6 nitrogen and oxygen atoms in total. The van der Waals surface area contributed by atoms with Crippen LogP contribution in [0, 0.1) is 0 Å². The zero-order chi connectivity index (χ0) is 20.8. The molecule has 0 atom stereocenters. The Morgan fingerprint density at radius 1 is 0.867 bits per heavy atom. The Kier molecular flexibility index (Phi) is 6.52. The van der Waals surface area contributed by atoms with E-state index in [4.69, 9.17) is 9.47 Å². The maximum absolute atomic E-state index is 12.6. The van der Waals surface area contributed by atoms with E-state index in [1.807, 2.05) is 18.2 Å². The lowest BCUT2D eigenvalue weighted by Gasteiger charge is -2.25. The normalized spacial score (nSPS) is 15.9. The van der Waals surface area contributed by atoms with Crippen molar-refractivity contribution in [3.05, 3.63) is 48.0 Å². The van der Waals surface area contributed by atoms with Crippen molar-refractivity contribution >= 4 is 23.1 Å².